The first-order valence-corrected chi connectivity index (χ1v) is 5.22. The van der Waals surface area contributed by atoms with Crippen molar-refractivity contribution in [3.8, 4) is 6.07 Å². The Bertz CT molecular complexity index is 426. The molecule has 0 heterocycles. The molecule has 0 fully saturated rings. The van der Waals surface area contributed by atoms with Crippen LogP contribution in [-0.2, 0) is 5.33 Å². The van der Waals surface area contributed by atoms with Crippen molar-refractivity contribution in [2.75, 3.05) is 0 Å². The van der Waals surface area contributed by atoms with Gasteiger partial charge in [-0.2, -0.15) is 5.26 Å². The number of carboxylic acids is 1. The lowest BCUT2D eigenvalue weighted by molar-refractivity contribution is 0.0693. The number of carboxylic acid groups (broad SMARTS) is 1. The van der Waals surface area contributed by atoms with Crippen LogP contribution in [-0.4, -0.2) is 11.1 Å². The van der Waals surface area contributed by atoms with Crippen molar-refractivity contribution in [1.29, 1.82) is 5.26 Å². The van der Waals surface area contributed by atoms with E-state index in [2.05, 4.69) is 28.6 Å². The molecule has 1 aromatic rings. The molecule has 0 aromatic heterocycles. The number of rotatable bonds is 2. The maximum Gasteiger partial charge on any atom is 0.336 e. The summed E-state index contributed by atoms with van der Waals surface area (Å²) in [6.07, 6.45) is 0. The van der Waals surface area contributed by atoms with Gasteiger partial charge in [-0.15, -0.1) is 12.6 Å². The van der Waals surface area contributed by atoms with Gasteiger partial charge in [-0.1, -0.05) is 15.9 Å². The molecule has 1 N–H and O–H groups in total. The van der Waals surface area contributed by atoms with Crippen molar-refractivity contribution in [3.63, 3.8) is 0 Å². The minimum absolute atomic E-state index is 0.113. The van der Waals surface area contributed by atoms with Gasteiger partial charge in [0.25, 0.3) is 0 Å². The van der Waals surface area contributed by atoms with Gasteiger partial charge in [-0.05, 0) is 17.7 Å². The quantitative estimate of drug-likeness (QED) is 0.642. The Morgan fingerprint density at radius 1 is 1.64 bits per heavy atom. The average molecular weight is 272 g/mol. The second kappa shape index (κ2) is 4.49. The molecule has 0 unspecified atom stereocenters. The number of nitriles is 1. The Morgan fingerprint density at radius 3 is 2.71 bits per heavy atom. The predicted octanol–water partition coefficient (Wildman–Crippen LogP) is 2.44. The van der Waals surface area contributed by atoms with Crippen molar-refractivity contribution in [3.05, 3.63) is 28.8 Å². The van der Waals surface area contributed by atoms with Crippen molar-refractivity contribution in [2.24, 2.45) is 0 Å². The van der Waals surface area contributed by atoms with E-state index in [1.807, 2.05) is 6.07 Å². The number of benzene rings is 1. The third-order valence-electron chi connectivity index (χ3n) is 1.72. The maximum atomic E-state index is 10.7. The summed E-state index contributed by atoms with van der Waals surface area (Å²) >= 11 is 7.19. The normalized spacial score (nSPS) is 9.50. The Hall–Kier alpha value is -0.990. The summed E-state index contributed by atoms with van der Waals surface area (Å²) in [5, 5.41) is 18.0. The summed E-state index contributed by atoms with van der Waals surface area (Å²) < 4.78 is 0. The van der Waals surface area contributed by atoms with Crippen LogP contribution >= 0.6 is 28.6 Å². The summed E-state index contributed by atoms with van der Waals surface area (Å²) in [5.41, 5.74) is 1.21. The Labute approximate surface area is 94.9 Å². The number of hydrogen-bond acceptors (Lipinski definition) is 3. The van der Waals surface area contributed by atoms with E-state index in [9.17, 15) is 4.79 Å². The van der Waals surface area contributed by atoms with Crippen LogP contribution in [0.15, 0.2) is 17.0 Å². The number of alkyl halides is 1. The van der Waals surface area contributed by atoms with Gasteiger partial charge < -0.3 is 5.11 Å². The van der Waals surface area contributed by atoms with E-state index in [1.165, 1.54) is 12.1 Å². The summed E-state index contributed by atoms with van der Waals surface area (Å²) in [6, 6.07) is 4.90. The molecule has 0 aliphatic carbocycles. The van der Waals surface area contributed by atoms with E-state index < -0.39 is 5.97 Å². The van der Waals surface area contributed by atoms with Gasteiger partial charge in [0.2, 0.25) is 0 Å². The lowest BCUT2D eigenvalue weighted by Crippen LogP contribution is -2.00. The topological polar surface area (TPSA) is 61.1 Å². The summed E-state index contributed by atoms with van der Waals surface area (Å²) in [7, 11) is 0. The molecule has 5 heteroatoms. The lowest BCUT2D eigenvalue weighted by atomic mass is 10.1. The molecular formula is C9H6BrNO2S. The molecule has 0 aliphatic rings. The average Bonchev–Trinajstić information content (AvgIpc) is 2.16. The highest BCUT2D eigenvalue weighted by atomic mass is 79.9. The summed E-state index contributed by atoms with van der Waals surface area (Å²) in [6.45, 7) is 0. The summed E-state index contributed by atoms with van der Waals surface area (Å²) in [5.74, 6) is -1.04. The number of aromatic carboxylic acids is 1. The zero-order valence-electron chi connectivity index (χ0n) is 6.99. The van der Waals surface area contributed by atoms with E-state index in [-0.39, 0.29) is 5.56 Å². The van der Waals surface area contributed by atoms with Gasteiger partial charge in [-0.3, -0.25) is 0 Å². The highest BCUT2D eigenvalue weighted by Gasteiger charge is 2.11. The molecule has 1 aromatic carbocycles. The van der Waals surface area contributed by atoms with E-state index in [4.69, 9.17) is 10.4 Å². The van der Waals surface area contributed by atoms with Crippen LogP contribution in [0.3, 0.4) is 0 Å². The molecule has 0 amide bonds. The van der Waals surface area contributed by atoms with E-state index in [0.717, 1.165) is 0 Å². The number of nitrogens with zero attached hydrogens (tertiary/aromatic N) is 1. The Morgan fingerprint density at radius 2 is 2.29 bits per heavy atom. The third kappa shape index (κ3) is 2.08. The highest BCUT2D eigenvalue weighted by Crippen LogP contribution is 2.21. The van der Waals surface area contributed by atoms with Crippen molar-refractivity contribution in [2.45, 2.75) is 10.2 Å². The zero-order chi connectivity index (χ0) is 10.7. The molecule has 0 spiro atoms. The number of carbonyl (C=O) groups is 1. The smallest absolute Gasteiger partial charge is 0.336 e. The van der Waals surface area contributed by atoms with Gasteiger partial charge in [0.15, 0.2) is 0 Å². The molecule has 0 bridgehead atoms. The first-order valence-electron chi connectivity index (χ1n) is 3.65. The fourth-order valence-electron chi connectivity index (χ4n) is 1.02. The van der Waals surface area contributed by atoms with E-state index in [1.54, 1.807) is 0 Å². The molecule has 72 valence electrons. The van der Waals surface area contributed by atoms with Crippen molar-refractivity contribution in [1.82, 2.24) is 0 Å². The monoisotopic (exact) mass is 271 g/mol. The molecule has 0 aliphatic heterocycles. The van der Waals surface area contributed by atoms with Crippen LogP contribution in [0.25, 0.3) is 0 Å². The van der Waals surface area contributed by atoms with Gasteiger partial charge in [-0.25, -0.2) is 4.79 Å². The van der Waals surface area contributed by atoms with Crippen LogP contribution < -0.4 is 0 Å². The van der Waals surface area contributed by atoms with Crippen molar-refractivity contribution >= 4 is 34.5 Å². The fourth-order valence-corrected chi connectivity index (χ4v) is 1.77. The first kappa shape index (κ1) is 11.1. The largest absolute Gasteiger partial charge is 0.478 e. The molecule has 14 heavy (non-hydrogen) atoms. The Kier molecular flexibility index (Phi) is 3.55. The van der Waals surface area contributed by atoms with Crippen LogP contribution in [0.1, 0.15) is 21.5 Å². The molecule has 3 nitrogen and oxygen atoms in total. The maximum absolute atomic E-state index is 10.7. The second-order valence-electron chi connectivity index (χ2n) is 2.58. The molecular weight excluding hydrogens is 266 g/mol. The minimum Gasteiger partial charge on any atom is -0.478 e. The molecule has 0 radical (unpaired) electrons. The molecule has 0 atom stereocenters. The fraction of sp³-hybridized carbons (Fsp3) is 0.111. The van der Waals surface area contributed by atoms with Crippen molar-refractivity contribution < 1.29 is 9.90 Å². The summed E-state index contributed by atoms with van der Waals surface area (Å²) in [4.78, 5) is 11.0. The SMILES string of the molecule is N#Cc1cc(S)c(C(=O)O)cc1CBr. The van der Waals surface area contributed by atoms with Crippen LogP contribution in [0, 0.1) is 11.3 Å². The third-order valence-corrected chi connectivity index (χ3v) is 2.69. The zero-order valence-corrected chi connectivity index (χ0v) is 9.47. The van der Waals surface area contributed by atoms with Gasteiger partial charge in [0.05, 0.1) is 17.2 Å². The predicted molar refractivity (Wildman–Crippen MR) is 58.0 cm³/mol. The van der Waals surface area contributed by atoms with Gasteiger partial charge in [0.1, 0.15) is 0 Å². The number of thiol groups is 1. The second-order valence-corrected chi connectivity index (χ2v) is 3.62. The Balaban J connectivity index is 3.39. The van der Waals surface area contributed by atoms with Gasteiger partial charge >= 0.3 is 5.97 Å². The standard InChI is InChI=1S/C9H6BrNO2S/c10-3-5-1-7(9(12)13)8(14)2-6(5)4-11/h1-2,14H,3H2,(H,12,13). The number of hydrogen-bond donors (Lipinski definition) is 2. The highest BCUT2D eigenvalue weighted by molar-refractivity contribution is 9.08. The lowest BCUT2D eigenvalue weighted by Gasteiger charge is -2.04. The first-order chi connectivity index (χ1) is 6.60. The molecule has 0 saturated heterocycles. The van der Waals surface area contributed by atoms with Gasteiger partial charge in [0, 0.05) is 10.2 Å². The molecule has 1 rings (SSSR count). The van der Waals surface area contributed by atoms with E-state index >= 15 is 0 Å². The van der Waals surface area contributed by atoms with Crippen LogP contribution in [0.2, 0.25) is 0 Å². The van der Waals surface area contributed by atoms with E-state index in [0.29, 0.717) is 21.4 Å². The van der Waals surface area contributed by atoms with Crippen LogP contribution in [0.4, 0.5) is 0 Å². The molecule has 0 saturated carbocycles. The number of halogens is 1. The minimum atomic E-state index is -1.04. The van der Waals surface area contributed by atoms with Crippen LogP contribution in [0.5, 0.6) is 0 Å².